The van der Waals surface area contributed by atoms with Crippen molar-refractivity contribution in [1.29, 1.82) is 0 Å². The van der Waals surface area contributed by atoms with E-state index in [1.54, 1.807) is 12.1 Å². The first-order valence-corrected chi connectivity index (χ1v) is 7.68. The van der Waals surface area contributed by atoms with Crippen molar-refractivity contribution in [1.82, 2.24) is 10.6 Å². The third-order valence-electron chi connectivity index (χ3n) is 3.24. The predicted octanol–water partition coefficient (Wildman–Crippen LogP) is 1.16. The number of nitrogens with one attached hydrogen (secondary N) is 2. The molecule has 0 radical (unpaired) electrons. The molecule has 0 unspecified atom stereocenters. The molecule has 0 fully saturated rings. The Bertz CT molecular complexity index is 393. The first kappa shape index (κ1) is 17.5. The first-order chi connectivity index (χ1) is 10.2. The highest BCUT2D eigenvalue weighted by atomic mass is 16.3. The minimum Gasteiger partial charge on any atom is -0.508 e. The summed E-state index contributed by atoms with van der Waals surface area (Å²) in [6, 6.07) is 6.97. The SMILES string of the molecule is NCCCCNCCCNC(=O)CCc1ccc(O)cc1. The summed E-state index contributed by atoms with van der Waals surface area (Å²) in [4.78, 5) is 11.7. The van der Waals surface area contributed by atoms with Crippen molar-refractivity contribution in [2.45, 2.75) is 32.1 Å². The zero-order valence-electron chi connectivity index (χ0n) is 12.6. The lowest BCUT2D eigenvalue weighted by Crippen LogP contribution is -2.27. The maximum atomic E-state index is 11.7. The quantitative estimate of drug-likeness (QED) is 0.461. The van der Waals surface area contributed by atoms with Gasteiger partial charge in [0, 0.05) is 13.0 Å². The number of nitrogens with two attached hydrogens (primary N) is 1. The van der Waals surface area contributed by atoms with E-state index in [4.69, 9.17) is 5.73 Å². The monoisotopic (exact) mass is 293 g/mol. The number of phenolic OH excluding ortho intramolecular Hbond substituents is 1. The van der Waals surface area contributed by atoms with Crippen LogP contribution >= 0.6 is 0 Å². The number of phenols is 1. The molecule has 118 valence electrons. The number of unbranched alkanes of at least 4 members (excludes halogenated alkanes) is 1. The van der Waals surface area contributed by atoms with E-state index in [0.717, 1.165) is 44.5 Å². The molecule has 1 aromatic rings. The summed E-state index contributed by atoms with van der Waals surface area (Å²) >= 11 is 0. The molecule has 0 aromatic heterocycles. The van der Waals surface area contributed by atoms with Gasteiger partial charge >= 0.3 is 0 Å². The van der Waals surface area contributed by atoms with Crippen LogP contribution in [-0.4, -0.2) is 37.2 Å². The Kier molecular flexibility index (Phi) is 9.24. The fraction of sp³-hybridized carbons (Fsp3) is 0.562. The molecular weight excluding hydrogens is 266 g/mol. The third-order valence-corrected chi connectivity index (χ3v) is 3.24. The topological polar surface area (TPSA) is 87.4 Å². The van der Waals surface area contributed by atoms with Crippen LogP contribution in [0.25, 0.3) is 0 Å². The molecule has 1 amide bonds. The van der Waals surface area contributed by atoms with Crippen molar-refractivity contribution in [3.8, 4) is 5.75 Å². The van der Waals surface area contributed by atoms with Crippen LogP contribution in [0.2, 0.25) is 0 Å². The minimum atomic E-state index is 0.0752. The van der Waals surface area contributed by atoms with Gasteiger partial charge in [-0.3, -0.25) is 4.79 Å². The van der Waals surface area contributed by atoms with Crippen molar-refractivity contribution >= 4 is 5.91 Å². The van der Waals surface area contributed by atoms with E-state index in [0.29, 0.717) is 19.4 Å². The van der Waals surface area contributed by atoms with E-state index >= 15 is 0 Å². The first-order valence-electron chi connectivity index (χ1n) is 7.68. The van der Waals surface area contributed by atoms with Gasteiger partial charge in [0.25, 0.3) is 0 Å². The summed E-state index contributed by atoms with van der Waals surface area (Å²) in [5.74, 6) is 0.327. The van der Waals surface area contributed by atoms with Gasteiger partial charge in [-0.15, -0.1) is 0 Å². The normalized spacial score (nSPS) is 10.5. The highest BCUT2D eigenvalue weighted by Crippen LogP contribution is 2.10. The summed E-state index contributed by atoms with van der Waals surface area (Å²) in [6.07, 6.45) is 4.28. The predicted molar refractivity (Wildman–Crippen MR) is 85.2 cm³/mol. The van der Waals surface area contributed by atoms with E-state index in [1.807, 2.05) is 12.1 Å². The molecule has 0 saturated carbocycles. The van der Waals surface area contributed by atoms with Crippen LogP contribution in [0.4, 0.5) is 0 Å². The molecule has 1 aromatic carbocycles. The van der Waals surface area contributed by atoms with Crippen molar-refractivity contribution in [2.75, 3.05) is 26.2 Å². The number of carbonyl (C=O) groups excluding carboxylic acids is 1. The van der Waals surface area contributed by atoms with E-state index in [1.165, 1.54) is 0 Å². The molecule has 0 aliphatic rings. The average molecular weight is 293 g/mol. The highest BCUT2D eigenvalue weighted by molar-refractivity contribution is 5.76. The molecule has 5 N–H and O–H groups in total. The lowest BCUT2D eigenvalue weighted by Gasteiger charge is -2.07. The standard InChI is InChI=1S/C16H27N3O2/c17-10-1-2-11-18-12-3-13-19-16(21)9-6-14-4-7-15(20)8-5-14/h4-5,7-8,18,20H,1-3,6,9-13,17H2,(H,19,21). The maximum absolute atomic E-state index is 11.7. The van der Waals surface area contributed by atoms with Gasteiger partial charge in [0.2, 0.25) is 5.91 Å². The third kappa shape index (κ3) is 9.05. The molecule has 1 rings (SSSR count). The summed E-state index contributed by atoms with van der Waals surface area (Å²) < 4.78 is 0. The van der Waals surface area contributed by atoms with Gasteiger partial charge < -0.3 is 21.5 Å². The maximum Gasteiger partial charge on any atom is 0.220 e. The van der Waals surface area contributed by atoms with Gasteiger partial charge in [-0.2, -0.15) is 0 Å². The number of hydrogen-bond acceptors (Lipinski definition) is 4. The lowest BCUT2D eigenvalue weighted by molar-refractivity contribution is -0.121. The molecule has 0 atom stereocenters. The average Bonchev–Trinajstić information content (AvgIpc) is 2.49. The molecular formula is C16H27N3O2. The van der Waals surface area contributed by atoms with Crippen LogP contribution < -0.4 is 16.4 Å². The largest absolute Gasteiger partial charge is 0.508 e. The van der Waals surface area contributed by atoms with Crippen molar-refractivity contribution in [2.24, 2.45) is 5.73 Å². The van der Waals surface area contributed by atoms with E-state index in [-0.39, 0.29) is 11.7 Å². The van der Waals surface area contributed by atoms with E-state index in [9.17, 15) is 9.90 Å². The molecule has 0 spiro atoms. The van der Waals surface area contributed by atoms with Crippen LogP contribution in [0.15, 0.2) is 24.3 Å². The zero-order valence-corrected chi connectivity index (χ0v) is 12.6. The summed E-state index contributed by atoms with van der Waals surface area (Å²) in [5.41, 5.74) is 6.47. The smallest absolute Gasteiger partial charge is 0.220 e. The number of amides is 1. The summed E-state index contributed by atoms with van der Waals surface area (Å²) in [7, 11) is 0. The molecule has 0 bridgehead atoms. The fourth-order valence-electron chi connectivity index (χ4n) is 1.97. The van der Waals surface area contributed by atoms with Gasteiger partial charge in [-0.1, -0.05) is 12.1 Å². The van der Waals surface area contributed by atoms with Crippen molar-refractivity contribution < 1.29 is 9.90 Å². The lowest BCUT2D eigenvalue weighted by atomic mass is 10.1. The molecule has 0 aliphatic heterocycles. The Hall–Kier alpha value is -1.59. The van der Waals surface area contributed by atoms with Crippen LogP contribution in [0.3, 0.4) is 0 Å². The summed E-state index contributed by atoms with van der Waals surface area (Å²) in [5, 5.41) is 15.4. The molecule has 5 heteroatoms. The van der Waals surface area contributed by atoms with Gasteiger partial charge in [-0.25, -0.2) is 0 Å². The second kappa shape index (κ2) is 11.1. The van der Waals surface area contributed by atoms with Crippen molar-refractivity contribution in [3.05, 3.63) is 29.8 Å². The van der Waals surface area contributed by atoms with Crippen LogP contribution in [0.1, 0.15) is 31.2 Å². The van der Waals surface area contributed by atoms with Gasteiger partial charge in [0.1, 0.15) is 5.75 Å². The Morgan fingerprint density at radius 3 is 2.48 bits per heavy atom. The number of rotatable bonds is 11. The second-order valence-electron chi connectivity index (χ2n) is 5.12. The second-order valence-corrected chi connectivity index (χ2v) is 5.12. The fourth-order valence-corrected chi connectivity index (χ4v) is 1.97. The van der Waals surface area contributed by atoms with Crippen LogP contribution in [0.5, 0.6) is 5.75 Å². The number of carbonyl (C=O) groups is 1. The number of aryl methyl sites for hydroxylation is 1. The Morgan fingerprint density at radius 2 is 1.76 bits per heavy atom. The number of aromatic hydroxyl groups is 1. The molecule has 5 nitrogen and oxygen atoms in total. The number of benzene rings is 1. The zero-order chi connectivity index (χ0) is 15.3. The number of hydrogen-bond donors (Lipinski definition) is 4. The van der Waals surface area contributed by atoms with Gasteiger partial charge in [-0.05, 0) is 63.0 Å². The van der Waals surface area contributed by atoms with Crippen LogP contribution in [0, 0.1) is 0 Å². The molecule has 0 heterocycles. The Balaban J connectivity index is 1.97. The van der Waals surface area contributed by atoms with E-state index < -0.39 is 0 Å². The van der Waals surface area contributed by atoms with Crippen molar-refractivity contribution in [3.63, 3.8) is 0 Å². The van der Waals surface area contributed by atoms with Crippen LogP contribution in [-0.2, 0) is 11.2 Å². The summed E-state index contributed by atoms with van der Waals surface area (Å²) in [6.45, 7) is 3.37. The van der Waals surface area contributed by atoms with Gasteiger partial charge in [0.15, 0.2) is 0 Å². The Morgan fingerprint density at radius 1 is 1.05 bits per heavy atom. The van der Waals surface area contributed by atoms with Gasteiger partial charge in [0.05, 0.1) is 0 Å². The molecule has 0 saturated heterocycles. The molecule has 0 aliphatic carbocycles. The Labute approximate surface area is 126 Å². The highest BCUT2D eigenvalue weighted by Gasteiger charge is 2.01. The molecule has 21 heavy (non-hydrogen) atoms. The van der Waals surface area contributed by atoms with E-state index in [2.05, 4.69) is 10.6 Å². The minimum absolute atomic E-state index is 0.0752.